The maximum absolute atomic E-state index is 11.5. The molecule has 0 saturated carbocycles. The van der Waals surface area contributed by atoms with Gasteiger partial charge in [-0.05, 0) is 19.4 Å². The molecular formula is C19H29NO2. The first-order chi connectivity index (χ1) is 10.0. The molecule has 0 radical (unpaired) electrons. The van der Waals surface area contributed by atoms with Crippen LogP contribution in [-0.4, -0.2) is 18.6 Å². The van der Waals surface area contributed by atoms with Crippen molar-refractivity contribution < 1.29 is 9.53 Å². The zero-order chi connectivity index (χ0) is 17.0. The zero-order valence-electron chi connectivity index (χ0n) is 14.6. The summed E-state index contributed by atoms with van der Waals surface area (Å²) in [5.41, 5.74) is 7.72. The van der Waals surface area contributed by atoms with Crippen LogP contribution in [0.3, 0.4) is 0 Å². The Morgan fingerprint density at radius 1 is 1.18 bits per heavy atom. The summed E-state index contributed by atoms with van der Waals surface area (Å²) in [6.45, 7) is 12.5. The van der Waals surface area contributed by atoms with E-state index >= 15 is 0 Å². The van der Waals surface area contributed by atoms with Gasteiger partial charge in [-0.3, -0.25) is 4.79 Å². The smallest absolute Gasteiger partial charge is 0.322 e. The van der Waals surface area contributed by atoms with Crippen LogP contribution in [0, 0.1) is 12.3 Å². The van der Waals surface area contributed by atoms with Crippen LogP contribution in [0.2, 0.25) is 0 Å². The van der Waals surface area contributed by atoms with Crippen LogP contribution in [0.4, 0.5) is 0 Å². The van der Waals surface area contributed by atoms with E-state index in [1.165, 1.54) is 11.1 Å². The molecule has 0 spiro atoms. The van der Waals surface area contributed by atoms with Crippen molar-refractivity contribution in [2.75, 3.05) is 6.61 Å². The summed E-state index contributed by atoms with van der Waals surface area (Å²) < 4.78 is 5.24. The van der Waals surface area contributed by atoms with E-state index in [1.807, 2.05) is 13.8 Å². The Labute approximate surface area is 134 Å². The molecule has 0 aliphatic rings. The van der Waals surface area contributed by atoms with Crippen molar-refractivity contribution in [3.8, 4) is 0 Å². The van der Waals surface area contributed by atoms with Gasteiger partial charge >= 0.3 is 5.97 Å². The van der Waals surface area contributed by atoms with Gasteiger partial charge in [0.15, 0.2) is 0 Å². The molecule has 2 N–H and O–H groups in total. The van der Waals surface area contributed by atoms with Gasteiger partial charge in [0.2, 0.25) is 0 Å². The molecule has 1 unspecified atom stereocenters. The maximum Gasteiger partial charge on any atom is 0.322 e. The molecule has 22 heavy (non-hydrogen) atoms. The van der Waals surface area contributed by atoms with E-state index in [2.05, 4.69) is 57.2 Å². The van der Waals surface area contributed by atoms with Crippen molar-refractivity contribution in [1.29, 1.82) is 0 Å². The minimum Gasteiger partial charge on any atom is -0.464 e. The Balaban J connectivity index is 2.75. The fourth-order valence-corrected chi connectivity index (χ4v) is 1.95. The lowest BCUT2D eigenvalue weighted by Gasteiger charge is -2.25. The van der Waals surface area contributed by atoms with Crippen molar-refractivity contribution in [2.45, 2.75) is 53.0 Å². The summed E-state index contributed by atoms with van der Waals surface area (Å²) in [6, 6.07) is 7.98. The van der Waals surface area contributed by atoms with Gasteiger partial charge in [-0.15, -0.1) is 0 Å². The van der Waals surface area contributed by atoms with Gasteiger partial charge in [-0.1, -0.05) is 69.7 Å². The second kappa shape index (κ2) is 7.10. The van der Waals surface area contributed by atoms with E-state index in [1.54, 1.807) is 6.92 Å². The predicted molar refractivity (Wildman–Crippen MR) is 91.7 cm³/mol. The lowest BCUT2D eigenvalue weighted by atomic mass is 9.81. The molecule has 0 aliphatic carbocycles. The van der Waals surface area contributed by atoms with Gasteiger partial charge in [0.1, 0.15) is 6.04 Å². The molecule has 0 saturated heterocycles. The van der Waals surface area contributed by atoms with Gasteiger partial charge in [0, 0.05) is 10.8 Å². The van der Waals surface area contributed by atoms with E-state index in [-0.39, 0.29) is 16.8 Å². The van der Waals surface area contributed by atoms with Crippen molar-refractivity contribution in [3.05, 3.63) is 47.5 Å². The van der Waals surface area contributed by atoms with Gasteiger partial charge in [0.05, 0.1) is 6.61 Å². The highest BCUT2D eigenvalue weighted by Crippen LogP contribution is 2.28. The molecule has 122 valence electrons. The van der Waals surface area contributed by atoms with E-state index in [0.29, 0.717) is 6.61 Å². The van der Waals surface area contributed by atoms with Crippen LogP contribution in [0.15, 0.2) is 36.4 Å². The molecule has 0 amide bonds. The van der Waals surface area contributed by atoms with Crippen molar-refractivity contribution in [2.24, 2.45) is 11.1 Å². The highest BCUT2D eigenvalue weighted by Gasteiger charge is 2.22. The second-order valence-electron chi connectivity index (χ2n) is 7.31. The first-order valence-electron chi connectivity index (χ1n) is 7.73. The third kappa shape index (κ3) is 5.64. The van der Waals surface area contributed by atoms with Crippen LogP contribution in [0.1, 0.15) is 45.7 Å². The minimum absolute atomic E-state index is 0.0733. The molecule has 0 bridgehead atoms. The fraction of sp³-hybridized carbons (Fsp3) is 0.526. The highest BCUT2D eigenvalue weighted by molar-refractivity contribution is 5.74. The summed E-state index contributed by atoms with van der Waals surface area (Å²) >= 11 is 0. The van der Waals surface area contributed by atoms with Crippen LogP contribution >= 0.6 is 0 Å². The van der Waals surface area contributed by atoms with Crippen LogP contribution in [-0.2, 0) is 14.9 Å². The van der Waals surface area contributed by atoms with Crippen LogP contribution in [0.25, 0.3) is 0 Å². The number of esters is 1. The van der Waals surface area contributed by atoms with E-state index in [9.17, 15) is 4.79 Å². The Kier molecular flexibility index (Phi) is 5.95. The number of benzene rings is 1. The second-order valence-corrected chi connectivity index (χ2v) is 7.31. The Bertz CT molecular complexity index is 525. The van der Waals surface area contributed by atoms with Crippen LogP contribution < -0.4 is 5.73 Å². The van der Waals surface area contributed by atoms with E-state index in [4.69, 9.17) is 10.5 Å². The average molecular weight is 303 g/mol. The number of nitrogens with two attached hydrogens (primary N) is 1. The Morgan fingerprint density at radius 3 is 2.23 bits per heavy atom. The number of hydrogen-bond donors (Lipinski definition) is 1. The molecule has 0 aromatic heterocycles. The number of carbonyl (C=O) groups is 1. The molecule has 1 aromatic rings. The number of aryl methyl sites for hydroxylation is 1. The molecular weight excluding hydrogens is 274 g/mol. The summed E-state index contributed by atoms with van der Waals surface area (Å²) in [5, 5.41) is 0. The number of carbonyl (C=O) groups excluding carboxylic acids is 1. The first-order valence-corrected chi connectivity index (χ1v) is 7.73. The third-order valence-corrected chi connectivity index (χ3v) is 3.70. The topological polar surface area (TPSA) is 52.3 Å². The molecule has 3 nitrogen and oxygen atoms in total. The lowest BCUT2D eigenvalue weighted by Crippen LogP contribution is -2.31. The predicted octanol–water partition coefficient (Wildman–Crippen LogP) is 3.75. The quantitative estimate of drug-likeness (QED) is 0.643. The number of allylic oxidation sites excluding steroid dienone is 1. The normalized spacial score (nSPS) is 14.1. The van der Waals surface area contributed by atoms with Crippen molar-refractivity contribution >= 4 is 5.97 Å². The molecule has 3 heteroatoms. The Morgan fingerprint density at radius 2 is 1.73 bits per heavy atom. The van der Waals surface area contributed by atoms with E-state index < -0.39 is 6.04 Å². The Hall–Kier alpha value is -1.61. The molecule has 0 aliphatic heterocycles. The standard InChI is InChI=1S/C19H29NO2/c1-14-7-9-16(10-8-14)19(5,6)12-11-18(3,4)13-22-17(21)15(2)20/h7-12,15H,13,20H2,1-6H3/b12-11+. The average Bonchev–Trinajstić information content (AvgIpc) is 2.43. The van der Waals surface area contributed by atoms with Crippen molar-refractivity contribution in [3.63, 3.8) is 0 Å². The number of ether oxygens (including phenoxy) is 1. The van der Waals surface area contributed by atoms with Gasteiger partial charge in [-0.25, -0.2) is 0 Å². The molecule has 1 atom stereocenters. The third-order valence-electron chi connectivity index (χ3n) is 3.70. The lowest BCUT2D eigenvalue weighted by molar-refractivity contribution is -0.146. The van der Waals surface area contributed by atoms with Crippen LogP contribution in [0.5, 0.6) is 0 Å². The van der Waals surface area contributed by atoms with Crippen molar-refractivity contribution in [1.82, 2.24) is 0 Å². The SMILES string of the molecule is Cc1ccc(C(C)(C)/C=C/C(C)(C)COC(=O)C(C)N)cc1. The monoisotopic (exact) mass is 303 g/mol. The summed E-state index contributed by atoms with van der Waals surface area (Å²) in [7, 11) is 0. The number of hydrogen-bond acceptors (Lipinski definition) is 3. The summed E-state index contributed by atoms with van der Waals surface area (Å²) in [5.74, 6) is -0.362. The molecule has 0 heterocycles. The van der Waals surface area contributed by atoms with E-state index in [0.717, 1.165) is 0 Å². The first kappa shape index (κ1) is 18.4. The zero-order valence-corrected chi connectivity index (χ0v) is 14.6. The minimum atomic E-state index is -0.580. The number of rotatable bonds is 6. The molecule has 1 rings (SSSR count). The maximum atomic E-state index is 11.5. The summed E-state index contributed by atoms with van der Waals surface area (Å²) in [4.78, 5) is 11.5. The van der Waals surface area contributed by atoms with Gasteiger partial charge in [0.25, 0.3) is 0 Å². The van der Waals surface area contributed by atoms with Gasteiger partial charge < -0.3 is 10.5 Å². The summed E-state index contributed by atoms with van der Waals surface area (Å²) in [6.07, 6.45) is 4.29. The largest absolute Gasteiger partial charge is 0.464 e. The molecule has 1 aromatic carbocycles. The molecule has 0 fully saturated rings. The highest BCUT2D eigenvalue weighted by atomic mass is 16.5. The fourth-order valence-electron chi connectivity index (χ4n) is 1.95. The van der Waals surface area contributed by atoms with Gasteiger partial charge in [-0.2, -0.15) is 0 Å².